The summed E-state index contributed by atoms with van der Waals surface area (Å²) in [6.07, 6.45) is 6.74. The van der Waals surface area contributed by atoms with Crippen LogP contribution in [0.25, 0.3) is 10.9 Å². The standard InChI is InChI=1S/C65H80N2O5/c1-14-39-38-67(22-20-40(39)37-56(67)60(71)54-19-21-66-55-18-16-15-17-53(54)55)23-24-72-61-47-27-45-33-50(63(5,6)7)31-43(58(45)69)25-41-29-49(62(2,3)4)30-42(57(41)68)26-44-32-51(64(8,9)10)34-46(59(44)70)28-48(61)36-52(35-47)65(11,12)13/h14-19,21,29-36,39-40,56,60,71H,1,20,22-28,37-38H2,2-13H3,(H2-,68,69,70)/p+1/t39-,40-,56+,60-,67?/m0/s1. The number of pyridine rings is 1. The summed E-state index contributed by atoms with van der Waals surface area (Å²) in [5.41, 5.74) is 11.9. The molecule has 1 aromatic heterocycles. The molecule has 1 aliphatic carbocycles. The van der Waals surface area contributed by atoms with Crippen LogP contribution in [0.5, 0.6) is 23.0 Å². The summed E-state index contributed by atoms with van der Waals surface area (Å²) in [5, 5.41) is 51.1. The monoisotopic (exact) mass is 970 g/mol. The maximum Gasteiger partial charge on any atom is 0.137 e. The quantitative estimate of drug-likeness (QED) is 0.0937. The Morgan fingerprint density at radius 1 is 0.625 bits per heavy atom. The zero-order chi connectivity index (χ0) is 51.9. The predicted octanol–water partition coefficient (Wildman–Crippen LogP) is 13.7. The topological polar surface area (TPSA) is 103 Å². The minimum absolute atomic E-state index is 0.0281. The van der Waals surface area contributed by atoms with Gasteiger partial charge in [-0.15, -0.1) is 6.58 Å². The van der Waals surface area contributed by atoms with Crippen LogP contribution >= 0.6 is 0 Å². The molecule has 0 spiro atoms. The highest BCUT2D eigenvalue weighted by Gasteiger charge is 2.54. The van der Waals surface area contributed by atoms with Crippen molar-refractivity contribution in [1.29, 1.82) is 0 Å². The van der Waals surface area contributed by atoms with Crippen molar-refractivity contribution in [2.45, 2.75) is 155 Å². The van der Waals surface area contributed by atoms with E-state index in [-0.39, 0.29) is 45.0 Å². The highest BCUT2D eigenvalue weighted by atomic mass is 16.5. The molecule has 7 nitrogen and oxygen atoms in total. The minimum Gasteiger partial charge on any atom is -0.507 e. The number of para-hydroxylation sites is 1. The zero-order valence-electron chi connectivity index (χ0n) is 45.3. The number of hydrogen-bond donors (Lipinski definition) is 4. The molecule has 4 N–H and O–H groups in total. The lowest BCUT2D eigenvalue weighted by Crippen LogP contribution is -2.69. The van der Waals surface area contributed by atoms with E-state index < -0.39 is 6.10 Å². The molecule has 3 saturated heterocycles. The van der Waals surface area contributed by atoms with Crippen LogP contribution in [0.1, 0.15) is 174 Å². The van der Waals surface area contributed by atoms with Gasteiger partial charge in [0.15, 0.2) is 0 Å². The highest BCUT2D eigenvalue weighted by molar-refractivity contribution is 5.82. The molecule has 5 atom stereocenters. The smallest absolute Gasteiger partial charge is 0.137 e. The van der Waals surface area contributed by atoms with Gasteiger partial charge in [-0.3, -0.25) is 4.98 Å². The molecule has 1 unspecified atom stereocenters. The Hall–Kier alpha value is -5.63. The summed E-state index contributed by atoms with van der Waals surface area (Å²) < 4.78 is 8.12. The maximum atomic E-state index is 12.6. The summed E-state index contributed by atoms with van der Waals surface area (Å²) >= 11 is 0. The van der Waals surface area contributed by atoms with Crippen LogP contribution in [0.15, 0.2) is 97.7 Å². The second-order valence-corrected chi connectivity index (χ2v) is 26.1. The van der Waals surface area contributed by atoms with E-state index in [1.165, 1.54) is 0 Å². The molecule has 0 saturated carbocycles. The average molecular weight is 970 g/mol. The lowest BCUT2D eigenvalue weighted by Gasteiger charge is -2.58. The zero-order valence-corrected chi connectivity index (χ0v) is 45.3. The summed E-state index contributed by atoms with van der Waals surface area (Å²) in [4.78, 5) is 4.64. The van der Waals surface area contributed by atoms with E-state index >= 15 is 0 Å². The van der Waals surface area contributed by atoms with E-state index in [0.29, 0.717) is 50.7 Å². The van der Waals surface area contributed by atoms with E-state index in [1.807, 2.05) is 30.5 Å². The maximum absolute atomic E-state index is 12.6. The molecule has 0 amide bonds. The number of aromatic hydroxyl groups is 3. The molecule has 3 fully saturated rings. The van der Waals surface area contributed by atoms with Crippen molar-refractivity contribution in [3.63, 3.8) is 0 Å². The first kappa shape index (κ1) is 51.3. The number of rotatable bonds is 7. The third-order valence-corrected chi connectivity index (χ3v) is 16.9. The van der Waals surface area contributed by atoms with Crippen molar-refractivity contribution in [3.05, 3.63) is 170 Å². The van der Waals surface area contributed by atoms with Crippen LogP contribution in [-0.2, 0) is 47.3 Å². The van der Waals surface area contributed by atoms with Gasteiger partial charge in [0.2, 0.25) is 0 Å². The first-order chi connectivity index (χ1) is 33.7. The number of phenols is 3. The van der Waals surface area contributed by atoms with Gasteiger partial charge in [0.1, 0.15) is 48.3 Å². The third-order valence-electron chi connectivity index (χ3n) is 16.9. The number of aliphatic hydroxyl groups is 1. The second kappa shape index (κ2) is 18.7. The van der Waals surface area contributed by atoms with Crippen molar-refractivity contribution >= 4 is 10.9 Å². The lowest BCUT2D eigenvalue weighted by atomic mass is 9.71. The Bertz CT molecular complexity index is 2920. The summed E-state index contributed by atoms with van der Waals surface area (Å²) in [6.45, 7) is 33.8. The van der Waals surface area contributed by atoms with E-state index in [1.54, 1.807) is 0 Å². The van der Waals surface area contributed by atoms with E-state index in [4.69, 9.17) is 4.74 Å². The van der Waals surface area contributed by atoms with Gasteiger partial charge >= 0.3 is 0 Å². The number of ether oxygens (including phenoxy) is 1. The van der Waals surface area contributed by atoms with Gasteiger partial charge < -0.3 is 29.6 Å². The molecule has 6 aromatic rings. The number of aromatic nitrogens is 1. The Labute approximate surface area is 430 Å². The van der Waals surface area contributed by atoms with Gasteiger partial charge in [0.05, 0.1) is 18.6 Å². The van der Waals surface area contributed by atoms with Crippen LogP contribution < -0.4 is 4.74 Å². The average Bonchev–Trinajstić information content (AvgIpc) is 3.31. The van der Waals surface area contributed by atoms with Crippen LogP contribution in [0.3, 0.4) is 0 Å². The Balaban J connectivity index is 1.22. The number of nitrogens with zero attached hydrogens (tertiary/aromatic N) is 2. The fourth-order valence-electron chi connectivity index (χ4n) is 12.2. The van der Waals surface area contributed by atoms with Crippen molar-refractivity contribution in [3.8, 4) is 23.0 Å². The molecule has 10 rings (SSSR count). The molecule has 4 aliphatic rings. The van der Waals surface area contributed by atoms with Crippen molar-refractivity contribution in [2.75, 3.05) is 26.2 Å². The molecule has 10 bridgehead atoms. The number of fused-ring (bicyclic) bond motifs is 12. The van der Waals surface area contributed by atoms with Gasteiger partial charge in [0, 0.05) is 56.0 Å². The minimum atomic E-state index is -0.682. The van der Waals surface area contributed by atoms with E-state index in [0.717, 1.165) is 119 Å². The van der Waals surface area contributed by atoms with Gasteiger partial charge in [-0.25, -0.2) is 0 Å². The number of phenolic OH excluding ortho intramolecular Hbond substituents is 3. The number of aliphatic hydroxyl groups excluding tert-OH is 1. The molecule has 4 heterocycles. The van der Waals surface area contributed by atoms with Crippen LogP contribution in [0.4, 0.5) is 0 Å². The first-order valence-corrected chi connectivity index (χ1v) is 26.6. The van der Waals surface area contributed by atoms with Crippen LogP contribution in [-0.4, -0.2) is 62.2 Å². The van der Waals surface area contributed by atoms with Crippen LogP contribution in [0.2, 0.25) is 0 Å². The molecule has 5 aromatic carbocycles. The summed E-state index contributed by atoms with van der Waals surface area (Å²) in [5.74, 6) is 2.25. The first-order valence-electron chi connectivity index (χ1n) is 26.6. The fourth-order valence-corrected chi connectivity index (χ4v) is 12.2. The van der Waals surface area contributed by atoms with Crippen LogP contribution in [0, 0.1) is 11.8 Å². The van der Waals surface area contributed by atoms with Crippen molar-refractivity contribution < 1.29 is 29.6 Å². The van der Waals surface area contributed by atoms with Crippen molar-refractivity contribution in [2.24, 2.45) is 11.8 Å². The largest absolute Gasteiger partial charge is 0.507 e. The van der Waals surface area contributed by atoms with Gasteiger partial charge in [-0.1, -0.05) is 156 Å². The molecule has 380 valence electrons. The van der Waals surface area contributed by atoms with E-state index in [2.05, 4.69) is 155 Å². The Morgan fingerprint density at radius 3 is 1.47 bits per heavy atom. The molecule has 0 radical (unpaired) electrons. The highest BCUT2D eigenvalue weighted by Crippen LogP contribution is 2.48. The van der Waals surface area contributed by atoms with Gasteiger partial charge in [-0.05, 0) is 112 Å². The number of piperidine rings is 3. The van der Waals surface area contributed by atoms with Crippen molar-refractivity contribution in [1.82, 2.24) is 4.98 Å². The Kier molecular flexibility index (Phi) is 13.3. The SMILES string of the molecule is C=C[C@H]1C[N+]2(CCOc3c4cc(C(C)(C)C)cc3Cc3cc(C(C)(C)C)cc(c3O)Cc3cc(C(C)(C)C)cc(c3O)Cc3cc(C(C)(C)C)cc(c3O)C4)CC[C@H]1C[C@@H]2[C@@H](O)c1ccnc2ccccc12. The predicted molar refractivity (Wildman–Crippen MR) is 294 cm³/mol. The lowest BCUT2D eigenvalue weighted by molar-refractivity contribution is -0.973. The number of hydrogen-bond acceptors (Lipinski definition) is 6. The molecular formula is C65H81N2O5+. The fraction of sp³-hybridized carbons (Fsp3) is 0.462. The number of benzene rings is 5. The normalized spacial score (nSPS) is 20.9. The molecule has 72 heavy (non-hydrogen) atoms. The molecule has 7 heteroatoms. The molecular weight excluding hydrogens is 889 g/mol. The Morgan fingerprint density at radius 2 is 1.04 bits per heavy atom. The summed E-state index contributed by atoms with van der Waals surface area (Å²) in [6, 6.07) is 27.4. The van der Waals surface area contributed by atoms with Gasteiger partial charge in [0.25, 0.3) is 0 Å². The van der Waals surface area contributed by atoms with E-state index in [9.17, 15) is 20.4 Å². The summed E-state index contributed by atoms with van der Waals surface area (Å²) in [7, 11) is 0. The van der Waals surface area contributed by atoms with Gasteiger partial charge in [-0.2, -0.15) is 0 Å². The molecule has 3 aliphatic heterocycles. The second-order valence-electron chi connectivity index (χ2n) is 26.1. The third kappa shape index (κ3) is 9.93. The number of quaternary nitrogens is 1.